The van der Waals surface area contributed by atoms with Crippen molar-refractivity contribution in [3.8, 4) is 0 Å². The number of carboxylic acids is 4. The van der Waals surface area contributed by atoms with Crippen LogP contribution in [0.5, 0.6) is 0 Å². The van der Waals surface area contributed by atoms with Gasteiger partial charge < -0.3 is 39.6 Å². The topological polar surface area (TPSA) is 161 Å². The van der Waals surface area contributed by atoms with Crippen LogP contribution in [0.2, 0.25) is 0 Å². The largest absolute Gasteiger partial charge is 2.00 e. The Kier molecular flexibility index (Phi) is 99.8. The first-order chi connectivity index (χ1) is 39.1. The van der Waals surface area contributed by atoms with Gasteiger partial charge in [0.25, 0.3) is 0 Å². The Morgan fingerprint density at radius 2 is 0.244 bits per heavy atom. The number of carboxylic acid groups (broad SMARTS) is 4. The Morgan fingerprint density at radius 1 is 0.171 bits per heavy atom. The number of unbranched alkanes of at least 4 members (excludes halogenated alkanes) is 56. The van der Waals surface area contributed by atoms with Crippen molar-refractivity contribution in [3.63, 3.8) is 0 Å². The molecule has 0 atom stereocenters. The maximum atomic E-state index is 10.2. The first kappa shape index (κ1) is 92.2. The molecule has 0 fully saturated rings. The van der Waals surface area contributed by atoms with Gasteiger partial charge in [-0.25, -0.2) is 0 Å². The summed E-state index contributed by atoms with van der Waals surface area (Å²) < 4.78 is 0. The third-order valence-corrected chi connectivity index (χ3v) is 15.9. The van der Waals surface area contributed by atoms with Gasteiger partial charge in [-0.05, 0) is 51.4 Å². The van der Waals surface area contributed by atoms with Gasteiger partial charge in [-0.2, -0.15) is 0 Å². The van der Waals surface area contributed by atoms with E-state index in [1.54, 1.807) is 0 Å². The number of hydrogen-bond donors (Lipinski definition) is 0. The smallest absolute Gasteiger partial charge is 0.550 e. The van der Waals surface area contributed by atoms with Crippen molar-refractivity contribution < 1.29 is 76.2 Å². The molecule has 0 heterocycles. The molecule has 0 unspecified atom stereocenters. The van der Waals surface area contributed by atoms with Gasteiger partial charge in [0.1, 0.15) is 0 Å². The molecule has 0 aromatic heterocycles. The van der Waals surface area contributed by atoms with E-state index in [0.29, 0.717) is 0 Å². The molecule has 10 heteroatoms. The summed E-state index contributed by atoms with van der Waals surface area (Å²) in [5, 5.41) is 40.9. The van der Waals surface area contributed by atoms with E-state index in [1.807, 2.05) is 0 Å². The Balaban J connectivity index is -0.000000233. The molecule has 8 nitrogen and oxygen atoms in total. The van der Waals surface area contributed by atoms with Crippen molar-refractivity contribution in [2.75, 3.05) is 0 Å². The predicted molar refractivity (Wildman–Crippen MR) is 338 cm³/mol. The fourth-order valence-electron chi connectivity index (χ4n) is 10.6. The average Bonchev–Trinajstić information content (AvgIpc) is 3.43. The molecule has 0 N–H and O–H groups in total. The summed E-state index contributed by atoms with van der Waals surface area (Å²) in [5.74, 6) is -3.61. The number of carbonyl (C=O) groups is 4. The van der Waals surface area contributed by atoms with Gasteiger partial charge in [-0.3, -0.25) is 0 Å². The number of carbonyl (C=O) groups excluding carboxylic acids is 4. The molecule has 82 heavy (non-hydrogen) atoms. The van der Waals surface area contributed by atoms with Gasteiger partial charge in [0.05, 0.1) is 0 Å². The Bertz CT molecular complexity index is 998. The summed E-state index contributed by atoms with van der Waals surface area (Å²) in [7, 11) is 0. The maximum absolute atomic E-state index is 10.2. The van der Waals surface area contributed by atoms with Crippen LogP contribution in [0.3, 0.4) is 0 Å². The van der Waals surface area contributed by atoms with Crippen molar-refractivity contribution in [1.82, 2.24) is 0 Å². The minimum absolute atomic E-state index is 0. The van der Waals surface area contributed by atoms with Gasteiger partial charge in [0.2, 0.25) is 0 Å². The summed E-state index contributed by atoms with van der Waals surface area (Å²) in [6, 6.07) is 0. The average molecular weight is 1260 g/mol. The van der Waals surface area contributed by atoms with Crippen molar-refractivity contribution >= 4 is 23.9 Å². The van der Waals surface area contributed by atoms with Crippen LogP contribution in [0.15, 0.2) is 0 Å². The fourth-order valence-corrected chi connectivity index (χ4v) is 10.6. The number of hydrogen-bond acceptors (Lipinski definition) is 8. The first-order valence-corrected chi connectivity index (χ1v) is 35.9. The molecular weight excluding hydrogens is 1120 g/mol. The van der Waals surface area contributed by atoms with Crippen LogP contribution in [0.1, 0.15) is 439 Å². The van der Waals surface area contributed by atoms with E-state index in [9.17, 15) is 39.6 Å². The molecule has 1 radical (unpaired) electrons. The molecule has 0 rings (SSSR count). The quantitative estimate of drug-likeness (QED) is 0.0430. The molecule has 0 bridgehead atoms. The van der Waals surface area contributed by atoms with E-state index in [1.165, 1.54) is 334 Å². The van der Waals surface area contributed by atoms with Gasteiger partial charge in [-0.1, -0.05) is 387 Å². The normalized spacial score (nSPS) is 10.6. The van der Waals surface area contributed by atoms with Crippen LogP contribution in [-0.4, -0.2) is 23.9 Å². The van der Waals surface area contributed by atoms with E-state index >= 15 is 0 Å². The SMILES string of the molecule is CCCCCCCCCCCCCCCCCC(=O)[O-].CCCCCCCCCCCCCCCCCC(=O)[O-].CCCCCCCCCCCCCCCCCC(=O)[O-].CCCCCCCCCCCCCCCCCC(=O)[O-].[Cu+2].[Zn+2]. The van der Waals surface area contributed by atoms with Crippen LogP contribution in [0.25, 0.3) is 0 Å². The molecular formula is C72H140CuO8Zn. The van der Waals surface area contributed by atoms with Crippen LogP contribution < -0.4 is 20.4 Å². The monoisotopic (exact) mass is 1260 g/mol. The summed E-state index contributed by atoms with van der Waals surface area (Å²) in [6.07, 6.45) is 79.4. The third kappa shape index (κ3) is 107. The Hall–Kier alpha value is -0.977. The van der Waals surface area contributed by atoms with Gasteiger partial charge >= 0.3 is 36.5 Å². The molecule has 0 aliphatic heterocycles. The number of rotatable bonds is 64. The molecule has 0 spiro atoms. The molecule has 489 valence electrons. The minimum Gasteiger partial charge on any atom is -0.550 e. The van der Waals surface area contributed by atoms with Crippen molar-refractivity contribution in [1.29, 1.82) is 0 Å². The summed E-state index contributed by atoms with van der Waals surface area (Å²) in [6.45, 7) is 9.07. The fraction of sp³-hybridized carbons (Fsp3) is 0.944. The van der Waals surface area contributed by atoms with Crippen LogP contribution in [0.4, 0.5) is 0 Å². The molecule has 0 aliphatic carbocycles. The Labute approximate surface area is 535 Å². The molecule has 0 aliphatic rings. The number of aliphatic carboxylic acids is 4. The van der Waals surface area contributed by atoms with E-state index in [4.69, 9.17) is 0 Å². The minimum atomic E-state index is -0.903. The van der Waals surface area contributed by atoms with E-state index < -0.39 is 23.9 Å². The summed E-state index contributed by atoms with van der Waals surface area (Å²) in [4.78, 5) is 40.9. The predicted octanol–water partition coefficient (Wildman–Crippen LogP) is 20.0. The zero-order valence-electron chi connectivity index (χ0n) is 55.5. The molecule has 0 saturated heterocycles. The molecule has 0 aromatic carbocycles. The van der Waals surface area contributed by atoms with Gasteiger partial charge in [0.15, 0.2) is 0 Å². The molecule has 0 aromatic rings. The zero-order chi connectivity index (χ0) is 59.6. The first-order valence-electron chi connectivity index (χ1n) is 35.9. The zero-order valence-corrected chi connectivity index (χ0v) is 59.4. The van der Waals surface area contributed by atoms with E-state index in [0.717, 1.165) is 51.4 Å². The van der Waals surface area contributed by atoms with E-state index in [-0.39, 0.29) is 62.2 Å². The second-order valence-corrected chi connectivity index (χ2v) is 24.3. The van der Waals surface area contributed by atoms with E-state index in [2.05, 4.69) is 27.7 Å². The summed E-state index contributed by atoms with van der Waals surface area (Å²) >= 11 is 0. The van der Waals surface area contributed by atoms with Crippen molar-refractivity contribution in [2.45, 2.75) is 439 Å². The van der Waals surface area contributed by atoms with Crippen LogP contribution in [-0.2, 0) is 55.7 Å². The maximum Gasteiger partial charge on any atom is 2.00 e. The van der Waals surface area contributed by atoms with Crippen LogP contribution in [0, 0.1) is 0 Å². The summed E-state index contributed by atoms with van der Waals surface area (Å²) in [5.41, 5.74) is 0. The standard InChI is InChI=1S/4C18H36O2.Cu.Zn/c4*1-2-3-4-5-6-7-8-9-10-11-12-13-14-15-16-17-18(19)20;;/h4*2-17H2,1H3,(H,19,20);;/q;;;;2*+2/p-4. The second-order valence-electron chi connectivity index (χ2n) is 24.3. The third-order valence-electron chi connectivity index (χ3n) is 15.9. The molecule has 0 amide bonds. The van der Waals surface area contributed by atoms with Crippen molar-refractivity contribution in [2.24, 2.45) is 0 Å². The Morgan fingerprint density at radius 3 is 0.317 bits per heavy atom. The van der Waals surface area contributed by atoms with Crippen molar-refractivity contribution in [3.05, 3.63) is 0 Å². The van der Waals surface area contributed by atoms with Gasteiger partial charge in [0, 0.05) is 23.9 Å². The van der Waals surface area contributed by atoms with Crippen LogP contribution >= 0.6 is 0 Å². The van der Waals surface area contributed by atoms with Gasteiger partial charge in [-0.15, -0.1) is 0 Å². The molecule has 0 saturated carbocycles. The second kappa shape index (κ2) is 88.8.